The number of benzene rings is 1. The summed E-state index contributed by atoms with van der Waals surface area (Å²) in [5.74, 6) is -0.365. The second-order valence-corrected chi connectivity index (χ2v) is 5.27. The van der Waals surface area contributed by atoms with Crippen molar-refractivity contribution in [3.63, 3.8) is 0 Å². The van der Waals surface area contributed by atoms with E-state index in [1.54, 1.807) is 0 Å². The molecule has 0 bridgehead atoms. The van der Waals surface area contributed by atoms with E-state index < -0.39 is 18.0 Å². The number of nitrogens with one attached hydrogen (secondary N) is 1. The van der Waals surface area contributed by atoms with Crippen LogP contribution in [0.25, 0.3) is 0 Å². The van der Waals surface area contributed by atoms with E-state index in [0.29, 0.717) is 11.6 Å². The van der Waals surface area contributed by atoms with Crippen LogP contribution in [0, 0.1) is 11.7 Å². The topological polar surface area (TPSA) is 52.6 Å². The van der Waals surface area contributed by atoms with Gasteiger partial charge in [-0.2, -0.15) is 0 Å². The minimum absolute atomic E-state index is 0.0469. The Morgan fingerprint density at radius 1 is 1.58 bits per heavy atom. The fourth-order valence-corrected chi connectivity index (χ4v) is 2.19. The molecule has 2 amide bonds. The first-order valence-electron chi connectivity index (χ1n) is 6.16. The van der Waals surface area contributed by atoms with Crippen molar-refractivity contribution in [2.24, 2.45) is 5.92 Å². The van der Waals surface area contributed by atoms with Crippen LogP contribution in [0.5, 0.6) is 0 Å². The molecule has 4 nitrogen and oxygen atoms in total. The SMILES string of the molecule is CC1CCN(C(=O)Nc2cc(Cl)ccc2F)CC1O. The molecule has 104 valence electrons. The highest BCUT2D eigenvalue weighted by molar-refractivity contribution is 6.30. The van der Waals surface area contributed by atoms with E-state index in [9.17, 15) is 14.3 Å². The highest BCUT2D eigenvalue weighted by Gasteiger charge is 2.27. The summed E-state index contributed by atoms with van der Waals surface area (Å²) in [5, 5.41) is 12.6. The van der Waals surface area contributed by atoms with E-state index in [4.69, 9.17) is 11.6 Å². The van der Waals surface area contributed by atoms with Gasteiger partial charge in [0, 0.05) is 18.1 Å². The van der Waals surface area contributed by atoms with Gasteiger partial charge in [0.15, 0.2) is 0 Å². The average molecular weight is 287 g/mol. The first-order chi connectivity index (χ1) is 8.97. The summed E-state index contributed by atoms with van der Waals surface area (Å²) >= 11 is 5.76. The van der Waals surface area contributed by atoms with Crippen molar-refractivity contribution in [3.8, 4) is 0 Å². The van der Waals surface area contributed by atoms with Gasteiger partial charge in [-0.05, 0) is 30.5 Å². The smallest absolute Gasteiger partial charge is 0.322 e. The monoisotopic (exact) mass is 286 g/mol. The number of amides is 2. The molecule has 0 aromatic heterocycles. The number of β-amino-alcohol motifs (C(OH)–C–C–N with tert-alkyl or cyclic N) is 1. The second-order valence-electron chi connectivity index (χ2n) is 4.83. The maximum Gasteiger partial charge on any atom is 0.322 e. The molecule has 6 heteroatoms. The zero-order chi connectivity index (χ0) is 14.0. The van der Waals surface area contributed by atoms with E-state index in [1.807, 2.05) is 6.92 Å². The van der Waals surface area contributed by atoms with Gasteiger partial charge in [0.2, 0.25) is 0 Å². The van der Waals surface area contributed by atoms with Gasteiger partial charge >= 0.3 is 6.03 Å². The van der Waals surface area contributed by atoms with Crippen LogP contribution in [0.1, 0.15) is 13.3 Å². The Morgan fingerprint density at radius 3 is 3.00 bits per heavy atom. The Morgan fingerprint density at radius 2 is 2.32 bits per heavy atom. The molecule has 1 aromatic carbocycles. The number of carbonyl (C=O) groups is 1. The van der Waals surface area contributed by atoms with Crippen LogP contribution in [-0.4, -0.2) is 35.2 Å². The molecule has 2 N–H and O–H groups in total. The summed E-state index contributed by atoms with van der Waals surface area (Å²) in [6.45, 7) is 2.75. The number of rotatable bonds is 1. The number of aliphatic hydroxyl groups is 1. The van der Waals surface area contributed by atoms with Crippen LogP contribution >= 0.6 is 11.6 Å². The highest BCUT2D eigenvalue weighted by atomic mass is 35.5. The third-order valence-electron chi connectivity index (χ3n) is 3.38. The lowest BCUT2D eigenvalue weighted by Crippen LogP contribution is -2.47. The zero-order valence-corrected chi connectivity index (χ0v) is 11.3. The lowest BCUT2D eigenvalue weighted by molar-refractivity contribution is 0.0463. The molecule has 1 saturated heterocycles. The first-order valence-corrected chi connectivity index (χ1v) is 6.54. The van der Waals surface area contributed by atoms with Crippen molar-refractivity contribution in [2.75, 3.05) is 18.4 Å². The molecule has 19 heavy (non-hydrogen) atoms. The molecule has 2 rings (SSSR count). The Balaban J connectivity index is 2.03. The van der Waals surface area contributed by atoms with E-state index in [-0.39, 0.29) is 18.2 Å². The van der Waals surface area contributed by atoms with Gasteiger partial charge < -0.3 is 15.3 Å². The summed E-state index contributed by atoms with van der Waals surface area (Å²) < 4.78 is 13.5. The number of nitrogens with zero attached hydrogens (tertiary/aromatic N) is 1. The molecule has 0 aliphatic carbocycles. The second kappa shape index (κ2) is 5.75. The van der Waals surface area contributed by atoms with E-state index in [0.717, 1.165) is 6.42 Å². The number of hydrogen-bond acceptors (Lipinski definition) is 2. The quantitative estimate of drug-likeness (QED) is 0.834. The van der Waals surface area contributed by atoms with Crippen molar-refractivity contribution >= 4 is 23.3 Å². The molecular formula is C13H16ClFN2O2. The lowest BCUT2D eigenvalue weighted by atomic mass is 9.96. The maximum absolute atomic E-state index is 13.5. The van der Waals surface area contributed by atoms with E-state index in [2.05, 4.69) is 5.32 Å². The van der Waals surface area contributed by atoms with Crippen LogP contribution in [-0.2, 0) is 0 Å². The number of anilines is 1. The maximum atomic E-state index is 13.5. The molecule has 1 fully saturated rings. The minimum Gasteiger partial charge on any atom is -0.391 e. The van der Waals surface area contributed by atoms with Crippen LogP contribution in [0.3, 0.4) is 0 Å². The van der Waals surface area contributed by atoms with Crippen LogP contribution < -0.4 is 5.32 Å². The number of hydrogen-bond donors (Lipinski definition) is 2. The van der Waals surface area contributed by atoms with Crippen molar-refractivity contribution in [2.45, 2.75) is 19.4 Å². The fraction of sp³-hybridized carbons (Fsp3) is 0.462. The Kier molecular flexibility index (Phi) is 4.27. The number of carbonyl (C=O) groups excluding carboxylic acids is 1. The van der Waals surface area contributed by atoms with Crippen molar-refractivity contribution in [1.82, 2.24) is 4.90 Å². The van der Waals surface area contributed by atoms with E-state index >= 15 is 0 Å². The van der Waals surface area contributed by atoms with Gasteiger partial charge in [-0.15, -0.1) is 0 Å². The van der Waals surface area contributed by atoms with Crippen LogP contribution in [0.4, 0.5) is 14.9 Å². The van der Waals surface area contributed by atoms with Gasteiger partial charge in [0.1, 0.15) is 5.82 Å². The number of piperidine rings is 1. The summed E-state index contributed by atoms with van der Waals surface area (Å²) in [6.07, 6.45) is 0.191. The predicted octanol–water partition coefficient (Wildman–Crippen LogP) is 2.71. The third kappa shape index (κ3) is 3.36. The fourth-order valence-electron chi connectivity index (χ4n) is 2.02. The molecule has 0 spiro atoms. The summed E-state index contributed by atoms with van der Waals surface area (Å²) in [5.41, 5.74) is 0.0469. The molecule has 1 heterocycles. The molecule has 0 radical (unpaired) electrons. The largest absolute Gasteiger partial charge is 0.391 e. The van der Waals surface area contributed by atoms with Crippen molar-refractivity contribution in [1.29, 1.82) is 0 Å². The molecule has 0 saturated carbocycles. The normalized spacial score (nSPS) is 23.3. The van der Waals surface area contributed by atoms with Gasteiger partial charge in [0.25, 0.3) is 0 Å². The standard InChI is InChI=1S/C13H16ClFN2O2/c1-8-4-5-17(7-12(8)18)13(19)16-11-6-9(14)2-3-10(11)15/h2-3,6,8,12,18H,4-5,7H2,1H3,(H,16,19). The number of halogens is 2. The molecule has 1 aromatic rings. The molecule has 2 atom stereocenters. The zero-order valence-electron chi connectivity index (χ0n) is 10.6. The number of likely N-dealkylation sites (tertiary alicyclic amines) is 1. The molecule has 1 aliphatic heterocycles. The van der Waals surface area contributed by atoms with E-state index in [1.165, 1.54) is 23.1 Å². The summed E-state index contributed by atoms with van der Waals surface area (Å²) in [7, 11) is 0. The van der Waals surface area contributed by atoms with Gasteiger partial charge in [-0.25, -0.2) is 9.18 Å². The lowest BCUT2D eigenvalue weighted by Gasteiger charge is -2.34. The Hall–Kier alpha value is -1.33. The van der Waals surface area contributed by atoms with Gasteiger partial charge in [0.05, 0.1) is 11.8 Å². The molecular weight excluding hydrogens is 271 g/mol. The Labute approximate surface area is 116 Å². The Bertz CT molecular complexity index is 484. The van der Waals surface area contributed by atoms with Crippen molar-refractivity contribution < 1.29 is 14.3 Å². The van der Waals surface area contributed by atoms with Gasteiger partial charge in [-0.3, -0.25) is 0 Å². The number of urea groups is 1. The van der Waals surface area contributed by atoms with Crippen LogP contribution in [0.2, 0.25) is 5.02 Å². The summed E-state index contributed by atoms with van der Waals surface area (Å²) in [4.78, 5) is 13.5. The third-order valence-corrected chi connectivity index (χ3v) is 3.61. The minimum atomic E-state index is -0.538. The molecule has 2 unspecified atom stereocenters. The first kappa shape index (κ1) is 14.1. The van der Waals surface area contributed by atoms with Crippen molar-refractivity contribution in [3.05, 3.63) is 29.0 Å². The predicted molar refractivity (Wildman–Crippen MR) is 71.8 cm³/mol. The average Bonchev–Trinajstić information content (AvgIpc) is 2.37. The summed E-state index contributed by atoms with van der Waals surface area (Å²) in [6, 6.07) is 3.55. The number of aliphatic hydroxyl groups excluding tert-OH is 1. The van der Waals surface area contributed by atoms with Gasteiger partial charge in [-0.1, -0.05) is 18.5 Å². The molecule has 1 aliphatic rings. The van der Waals surface area contributed by atoms with Crippen LogP contribution in [0.15, 0.2) is 18.2 Å². The highest BCUT2D eigenvalue weighted by Crippen LogP contribution is 2.21.